The van der Waals surface area contributed by atoms with E-state index in [1.165, 1.54) is 0 Å². The Kier molecular flexibility index (Phi) is 2.52. The van der Waals surface area contributed by atoms with Crippen LogP contribution in [0.2, 0.25) is 0 Å². The summed E-state index contributed by atoms with van der Waals surface area (Å²) in [6, 6.07) is 0.548. The lowest BCUT2D eigenvalue weighted by Gasteiger charge is -2.24. The highest BCUT2D eigenvalue weighted by Gasteiger charge is 2.34. The summed E-state index contributed by atoms with van der Waals surface area (Å²) in [5.74, 6) is 0. The molecule has 1 fully saturated rings. The van der Waals surface area contributed by atoms with Gasteiger partial charge in [-0.15, -0.1) is 0 Å². The van der Waals surface area contributed by atoms with E-state index in [9.17, 15) is 0 Å². The van der Waals surface area contributed by atoms with Crippen molar-refractivity contribution in [2.24, 2.45) is 5.73 Å². The summed E-state index contributed by atoms with van der Waals surface area (Å²) in [4.78, 5) is 2.30. The average Bonchev–Trinajstić information content (AvgIpc) is 2.33. The fraction of sp³-hybridized carbons (Fsp3) is 1.00. The van der Waals surface area contributed by atoms with Crippen molar-refractivity contribution in [1.82, 2.24) is 4.90 Å². The predicted octanol–water partition coefficient (Wildman–Crippen LogP) is -0.210. The summed E-state index contributed by atoms with van der Waals surface area (Å²) in [5.41, 5.74) is 5.57. The molecule has 0 aromatic rings. The van der Waals surface area contributed by atoms with Crippen LogP contribution in [0.25, 0.3) is 0 Å². The molecule has 1 rings (SSSR count). The zero-order valence-corrected chi connectivity index (χ0v) is 7.38. The maximum absolute atomic E-state index is 8.97. The molecule has 0 spiro atoms. The molecule has 0 saturated carbocycles. The molecule has 0 unspecified atom stereocenters. The second kappa shape index (κ2) is 3.09. The van der Waals surface area contributed by atoms with Crippen LogP contribution in [0.1, 0.15) is 20.3 Å². The van der Waals surface area contributed by atoms with E-state index in [2.05, 4.69) is 18.7 Å². The van der Waals surface area contributed by atoms with E-state index >= 15 is 0 Å². The minimum Gasteiger partial charge on any atom is -0.394 e. The highest BCUT2D eigenvalue weighted by atomic mass is 16.3. The van der Waals surface area contributed by atoms with E-state index in [0.29, 0.717) is 6.04 Å². The Bertz CT molecular complexity index is 138. The minimum absolute atomic E-state index is 0.107. The van der Waals surface area contributed by atoms with Crippen molar-refractivity contribution in [3.8, 4) is 0 Å². The topological polar surface area (TPSA) is 49.5 Å². The molecule has 1 aliphatic heterocycles. The molecular formula is C8H18N2O. The third-order valence-electron chi connectivity index (χ3n) is 2.46. The van der Waals surface area contributed by atoms with Gasteiger partial charge in [0.1, 0.15) is 0 Å². The Hall–Kier alpha value is -0.120. The summed E-state index contributed by atoms with van der Waals surface area (Å²) in [6.07, 6.45) is 0.918. The van der Waals surface area contributed by atoms with Gasteiger partial charge in [-0.1, -0.05) is 0 Å². The molecule has 0 aromatic carbocycles. The van der Waals surface area contributed by atoms with Gasteiger partial charge in [-0.3, -0.25) is 4.90 Å². The van der Waals surface area contributed by atoms with Crippen LogP contribution in [-0.4, -0.2) is 41.3 Å². The molecule has 3 N–H and O–H groups in total. The molecule has 0 radical (unpaired) electrons. The quantitative estimate of drug-likeness (QED) is 0.584. The lowest BCUT2D eigenvalue weighted by atomic mass is 10.0. The second-order valence-electron chi connectivity index (χ2n) is 3.83. The molecule has 66 valence electrons. The maximum atomic E-state index is 8.97. The van der Waals surface area contributed by atoms with E-state index in [4.69, 9.17) is 10.8 Å². The van der Waals surface area contributed by atoms with Gasteiger partial charge in [0.2, 0.25) is 0 Å². The van der Waals surface area contributed by atoms with E-state index in [1.807, 2.05) is 0 Å². The van der Waals surface area contributed by atoms with Gasteiger partial charge in [0, 0.05) is 19.1 Å². The SMILES string of the molecule is CC(C)N1CC[C@](N)(CO)C1. The Balaban J connectivity index is 2.46. The van der Waals surface area contributed by atoms with Crippen molar-refractivity contribution >= 4 is 0 Å². The molecule has 1 aliphatic rings. The fourth-order valence-corrected chi connectivity index (χ4v) is 1.50. The number of rotatable bonds is 2. The number of hydrogen-bond acceptors (Lipinski definition) is 3. The van der Waals surface area contributed by atoms with Crippen molar-refractivity contribution in [2.75, 3.05) is 19.7 Å². The van der Waals surface area contributed by atoms with Crippen molar-refractivity contribution in [2.45, 2.75) is 31.8 Å². The average molecular weight is 158 g/mol. The number of nitrogens with zero attached hydrogens (tertiary/aromatic N) is 1. The van der Waals surface area contributed by atoms with E-state index in [0.717, 1.165) is 19.5 Å². The van der Waals surface area contributed by atoms with Crippen LogP contribution in [0, 0.1) is 0 Å². The molecule has 3 nitrogen and oxygen atoms in total. The van der Waals surface area contributed by atoms with Gasteiger partial charge in [0.05, 0.1) is 12.1 Å². The Morgan fingerprint density at radius 2 is 2.27 bits per heavy atom. The Morgan fingerprint density at radius 1 is 1.64 bits per heavy atom. The van der Waals surface area contributed by atoms with Crippen LogP contribution >= 0.6 is 0 Å². The summed E-state index contributed by atoms with van der Waals surface area (Å²) in [5, 5.41) is 8.97. The van der Waals surface area contributed by atoms with E-state index < -0.39 is 0 Å². The zero-order valence-electron chi connectivity index (χ0n) is 7.38. The van der Waals surface area contributed by atoms with Gasteiger partial charge in [0.15, 0.2) is 0 Å². The number of likely N-dealkylation sites (tertiary alicyclic amines) is 1. The smallest absolute Gasteiger partial charge is 0.0624 e. The molecule has 11 heavy (non-hydrogen) atoms. The first-order chi connectivity index (χ1) is 5.07. The third-order valence-corrected chi connectivity index (χ3v) is 2.46. The lowest BCUT2D eigenvalue weighted by Crippen LogP contribution is -2.46. The highest BCUT2D eigenvalue weighted by molar-refractivity contribution is 4.94. The summed E-state index contributed by atoms with van der Waals surface area (Å²) < 4.78 is 0. The van der Waals surface area contributed by atoms with Gasteiger partial charge in [-0.25, -0.2) is 0 Å². The molecule has 1 saturated heterocycles. The van der Waals surface area contributed by atoms with Crippen molar-refractivity contribution in [1.29, 1.82) is 0 Å². The van der Waals surface area contributed by atoms with Crippen LogP contribution in [-0.2, 0) is 0 Å². The molecule has 1 atom stereocenters. The second-order valence-corrected chi connectivity index (χ2v) is 3.83. The molecule has 0 amide bonds. The van der Waals surface area contributed by atoms with E-state index in [-0.39, 0.29) is 12.1 Å². The van der Waals surface area contributed by atoms with Gasteiger partial charge in [0.25, 0.3) is 0 Å². The number of nitrogens with two attached hydrogens (primary N) is 1. The zero-order chi connectivity index (χ0) is 8.48. The van der Waals surface area contributed by atoms with Gasteiger partial charge >= 0.3 is 0 Å². The lowest BCUT2D eigenvalue weighted by molar-refractivity contribution is 0.184. The Labute approximate surface area is 68.2 Å². The van der Waals surface area contributed by atoms with Crippen molar-refractivity contribution in [3.63, 3.8) is 0 Å². The fourth-order valence-electron chi connectivity index (χ4n) is 1.50. The van der Waals surface area contributed by atoms with Crippen molar-refractivity contribution < 1.29 is 5.11 Å². The Morgan fingerprint density at radius 3 is 2.55 bits per heavy atom. The summed E-state index contributed by atoms with van der Waals surface area (Å²) in [7, 11) is 0. The minimum atomic E-state index is -0.329. The number of aliphatic hydroxyl groups excluding tert-OH is 1. The van der Waals surface area contributed by atoms with E-state index in [1.54, 1.807) is 0 Å². The maximum Gasteiger partial charge on any atom is 0.0624 e. The number of hydrogen-bond donors (Lipinski definition) is 2. The van der Waals surface area contributed by atoms with Gasteiger partial charge < -0.3 is 10.8 Å². The van der Waals surface area contributed by atoms with Crippen LogP contribution < -0.4 is 5.73 Å². The molecule has 0 aromatic heterocycles. The summed E-state index contributed by atoms with van der Waals surface area (Å²) >= 11 is 0. The molecule has 3 heteroatoms. The van der Waals surface area contributed by atoms with Crippen LogP contribution in [0.15, 0.2) is 0 Å². The molecule has 1 heterocycles. The first-order valence-electron chi connectivity index (χ1n) is 4.21. The largest absolute Gasteiger partial charge is 0.394 e. The summed E-state index contributed by atoms with van der Waals surface area (Å²) in [6.45, 7) is 6.28. The van der Waals surface area contributed by atoms with Crippen LogP contribution in [0.4, 0.5) is 0 Å². The molecular weight excluding hydrogens is 140 g/mol. The first-order valence-corrected chi connectivity index (χ1v) is 4.21. The first kappa shape index (κ1) is 8.97. The van der Waals surface area contributed by atoms with Gasteiger partial charge in [-0.2, -0.15) is 0 Å². The highest BCUT2D eigenvalue weighted by Crippen LogP contribution is 2.19. The van der Waals surface area contributed by atoms with Crippen molar-refractivity contribution in [3.05, 3.63) is 0 Å². The normalized spacial score (nSPS) is 33.5. The van der Waals surface area contributed by atoms with Crippen LogP contribution in [0.5, 0.6) is 0 Å². The van der Waals surface area contributed by atoms with Gasteiger partial charge in [-0.05, 0) is 20.3 Å². The molecule has 0 bridgehead atoms. The number of aliphatic hydroxyl groups is 1. The molecule has 0 aliphatic carbocycles. The monoisotopic (exact) mass is 158 g/mol. The standard InChI is InChI=1S/C8H18N2O/c1-7(2)10-4-3-8(9,5-10)6-11/h7,11H,3-6,9H2,1-2H3/t8-/m1/s1. The third kappa shape index (κ3) is 1.92. The van der Waals surface area contributed by atoms with Crippen LogP contribution in [0.3, 0.4) is 0 Å². The predicted molar refractivity (Wildman–Crippen MR) is 45.3 cm³/mol.